The van der Waals surface area contributed by atoms with Crippen molar-refractivity contribution in [3.8, 4) is 0 Å². The molecule has 1 saturated heterocycles. The number of nitrogens with one attached hydrogen (secondary N) is 3. The molecular weight excluding hydrogens is 772 g/mol. The summed E-state index contributed by atoms with van der Waals surface area (Å²) in [6.45, 7) is 8.98. The Kier molecular flexibility index (Phi) is 21.7. The van der Waals surface area contributed by atoms with Crippen molar-refractivity contribution in [2.75, 3.05) is 26.4 Å². The maximum atomic E-state index is 16.7. The average Bonchev–Trinajstić information content (AvgIpc) is 3.22. The molecule has 0 bridgehead atoms. The number of esters is 1. The van der Waals surface area contributed by atoms with Crippen LogP contribution in [0.2, 0.25) is 0 Å². The number of amides is 3. The number of alkyl carbamates (subject to hydrolysis) is 1. The zero-order valence-corrected chi connectivity index (χ0v) is 34.9. The number of hydrogen-bond acceptors (Lipinski definition) is 11. The van der Waals surface area contributed by atoms with Crippen LogP contribution in [0, 0.1) is 0 Å². The summed E-state index contributed by atoms with van der Waals surface area (Å²) >= 11 is 0. The summed E-state index contributed by atoms with van der Waals surface area (Å²) < 4.78 is 67.8. The van der Waals surface area contributed by atoms with Gasteiger partial charge in [0.05, 0.1) is 6.61 Å². The monoisotopic (exact) mass is 835 g/mol. The van der Waals surface area contributed by atoms with E-state index in [0.29, 0.717) is 25.0 Å². The maximum absolute atomic E-state index is 16.7. The number of carbonyl (C=O) groups is 4. The summed E-state index contributed by atoms with van der Waals surface area (Å²) in [7, 11) is 0. The molecule has 1 aliphatic heterocycles. The van der Waals surface area contributed by atoms with Crippen molar-refractivity contribution in [3.05, 3.63) is 71.8 Å². The number of rotatable bonds is 26. The van der Waals surface area contributed by atoms with E-state index in [4.69, 9.17) is 28.4 Å². The van der Waals surface area contributed by atoms with Gasteiger partial charge in [-0.15, -0.1) is 0 Å². The zero-order valence-electron chi connectivity index (χ0n) is 34.9. The van der Waals surface area contributed by atoms with Gasteiger partial charge in [0, 0.05) is 26.2 Å². The van der Waals surface area contributed by atoms with E-state index < -0.39 is 84.9 Å². The summed E-state index contributed by atoms with van der Waals surface area (Å²) in [5.41, 5.74) is 1.34. The third kappa shape index (κ3) is 16.8. The normalized spacial score (nSPS) is 20.8. The lowest BCUT2D eigenvalue weighted by molar-refractivity contribution is -0.298. The first-order valence-electron chi connectivity index (χ1n) is 20.6. The molecule has 2 aromatic rings. The van der Waals surface area contributed by atoms with Crippen LogP contribution in [0.3, 0.4) is 0 Å². The van der Waals surface area contributed by atoms with Gasteiger partial charge in [-0.2, -0.15) is 0 Å². The van der Waals surface area contributed by atoms with Gasteiger partial charge in [0.1, 0.15) is 61.9 Å². The molecule has 0 saturated carbocycles. The second-order valence-corrected chi connectivity index (χ2v) is 14.7. The van der Waals surface area contributed by atoms with Gasteiger partial charge in [-0.1, -0.05) is 101 Å². The topological polar surface area (TPSA) is 180 Å². The molecule has 3 amide bonds. The lowest BCUT2D eigenvalue weighted by Gasteiger charge is -2.46. The predicted octanol–water partition coefficient (Wildman–Crippen LogP) is 5.38. The van der Waals surface area contributed by atoms with E-state index in [1.807, 2.05) is 26.8 Å². The van der Waals surface area contributed by atoms with Crippen LogP contribution in [-0.2, 0) is 56.0 Å². The maximum Gasteiger partial charge on any atom is 0.408 e. The number of aliphatic hydroxyl groups excluding tert-OH is 1. The van der Waals surface area contributed by atoms with Gasteiger partial charge in [-0.3, -0.25) is 9.59 Å². The molecule has 14 nitrogen and oxygen atoms in total. The van der Waals surface area contributed by atoms with E-state index in [2.05, 4.69) is 16.0 Å². The third-order valence-corrected chi connectivity index (χ3v) is 9.60. The molecule has 3 rings (SSSR count). The number of aliphatic hydroxyl groups is 1. The van der Waals surface area contributed by atoms with Gasteiger partial charge in [-0.25, -0.2) is 18.4 Å². The van der Waals surface area contributed by atoms with Gasteiger partial charge in [0.25, 0.3) is 5.92 Å². The molecule has 1 unspecified atom stereocenters. The molecule has 0 spiro atoms. The summed E-state index contributed by atoms with van der Waals surface area (Å²) in [5.74, 6) is -6.71. The van der Waals surface area contributed by atoms with Gasteiger partial charge in [0.2, 0.25) is 11.8 Å². The number of unbranched alkanes of at least 4 members (excludes halogenated alkanes) is 3. The molecule has 2 aromatic carbocycles. The molecule has 8 atom stereocenters. The van der Waals surface area contributed by atoms with Gasteiger partial charge >= 0.3 is 12.1 Å². The molecular formula is C43H63F2N3O11. The van der Waals surface area contributed by atoms with Crippen LogP contribution in [0.1, 0.15) is 90.7 Å². The number of halogens is 2. The molecule has 1 heterocycles. The van der Waals surface area contributed by atoms with Crippen LogP contribution < -0.4 is 16.0 Å². The van der Waals surface area contributed by atoms with E-state index in [0.717, 1.165) is 31.2 Å². The lowest BCUT2D eigenvalue weighted by atomic mass is 9.89. The number of alkyl halides is 2. The Morgan fingerprint density at radius 3 is 1.83 bits per heavy atom. The fourth-order valence-corrected chi connectivity index (χ4v) is 6.11. The van der Waals surface area contributed by atoms with Crippen LogP contribution in [0.5, 0.6) is 0 Å². The summed E-state index contributed by atoms with van der Waals surface area (Å²) in [5, 5.41) is 18.6. The molecule has 4 N–H and O–H groups in total. The molecule has 59 heavy (non-hydrogen) atoms. The largest absolute Gasteiger partial charge is 0.459 e. The van der Waals surface area contributed by atoms with Gasteiger partial charge in [0.15, 0.2) is 0 Å². The van der Waals surface area contributed by atoms with E-state index >= 15 is 8.78 Å². The number of hydrogen-bond donors (Lipinski definition) is 4. The minimum Gasteiger partial charge on any atom is -0.459 e. The van der Waals surface area contributed by atoms with E-state index in [-0.39, 0.29) is 33.0 Å². The molecule has 0 aliphatic carbocycles. The predicted molar refractivity (Wildman–Crippen MR) is 214 cm³/mol. The Labute approximate surface area is 346 Å². The van der Waals surface area contributed by atoms with Gasteiger partial charge in [-0.05, 0) is 44.2 Å². The molecule has 16 heteroatoms. The molecule has 1 aliphatic rings. The number of benzene rings is 2. The Bertz CT molecular complexity index is 1540. The highest BCUT2D eigenvalue weighted by Crippen LogP contribution is 2.37. The minimum atomic E-state index is -3.99. The Hall–Kier alpha value is -4.22. The third-order valence-electron chi connectivity index (χ3n) is 9.60. The number of carbonyl (C=O) groups excluding carboxylic acids is 4. The highest BCUT2D eigenvalue weighted by molar-refractivity contribution is 5.92. The fraction of sp³-hybridized carbons (Fsp3) is 0.628. The van der Waals surface area contributed by atoms with Crippen molar-refractivity contribution in [1.82, 2.24) is 16.0 Å². The first-order valence-corrected chi connectivity index (χ1v) is 20.6. The Morgan fingerprint density at radius 2 is 1.25 bits per heavy atom. The molecule has 1 fully saturated rings. The highest BCUT2D eigenvalue weighted by Gasteiger charge is 2.57. The second-order valence-electron chi connectivity index (χ2n) is 14.7. The van der Waals surface area contributed by atoms with Crippen molar-refractivity contribution in [2.45, 2.75) is 147 Å². The van der Waals surface area contributed by atoms with Gasteiger partial charge < -0.3 is 49.5 Å². The molecule has 330 valence electrons. The first kappa shape index (κ1) is 49.1. The standard InChI is InChI=1S/C43H63F2N3O11/c1-6-9-22-54-28-34-36(55-23-10-7-2)37(56-24-11-8-3)35(49)38(59-34)43(44,45)25-33(48-42(53)58-27-32-20-16-13-17-21-32)40(51)46-29(4)39(50)47-30(5)41(52)57-26-31-18-14-12-15-19-31/h12-21,29-30,33-38,49H,6-11,22-28H2,1-5H3,(H,46,51)(H,47,50)(H,48,53)/t29-,30-,33?,34+,35+,36-,37+,38-/m0/s1. The van der Waals surface area contributed by atoms with Crippen LogP contribution in [-0.4, -0.2) is 110 Å². The van der Waals surface area contributed by atoms with Crippen LogP contribution in [0.4, 0.5) is 13.6 Å². The Morgan fingerprint density at radius 1 is 0.729 bits per heavy atom. The second kappa shape index (κ2) is 26.1. The summed E-state index contributed by atoms with van der Waals surface area (Å²) in [6, 6.07) is 13.0. The average molecular weight is 836 g/mol. The lowest BCUT2D eigenvalue weighted by Crippen LogP contribution is -2.66. The Balaban J connectivity index is 1.82. The summed E-state index contributed by atoms with van der Waals surface area (Å²) in [4.78, 5) is 52.5. The number of ether oxygens (including phenoxy) is 6. The highest BCUT2D eigenvalue weighted by atomic mass is 19.3. The molecule has 0 radical (unpaired) electrons. The van der Waals surface area contributed by atoms with Crippen molar-refractivity contribution >= 4 is 23.9 Å². The van der Waals surface area contributed by atoms with Crippen LogP contribution in [0.15, 0.2) is 60.7 Å². The van der Waals surface area contributed by atoms with E-state index in [1.54, 1.807) is 54.6 Å². The van der Waals surface area contributed by atoms with Crippen molar-refractivity contribution < 1.29 is 61.5 Å². The minimum absolute atomic E-state index is 0.0295. The van der Waals surface area contributed by atoms with Crippen molar-refractivity contribution in [1.29, 1.82) is 0 Å². The van der Waals surface area contributed by atoms with E-state index in [1.165, 1.54) is 13.8 Å². The smallest absolute Gasteiger partial charge is 0.408 e. The van der Waals surface area contributed by atoms with Crippen molar-refractivity contribution in [3.63, 3.8) is 0 Å². The van der Waals surface area contributed by atoms with Crippen LogP contribution >= 0.6 is 0 Å². The summed E-state index contributed by atoms with van der Waals surface area (Å²) in [6.07, 6.45) is -5.54. The first-order chi connectivity index (χ1) is 28.3. The van der Waals surface area contributed by atoms with Crippen molar-refractivity contribution in [2.24, 2.45) is 0 Å². The molecule has 0 aromatic heterocycles. The fourth-order valence-electron chi connectivity index (χ4n) is 6.11. The van der Waals surface area contributed by atoms with Crippen LogP contribution in [0.25, 0.3) is 0 Å². The quantitative estimate of drug-likeness (QED) is 0.0707. The SMILES string of the molecule is CCCCOC[C@H]1O[C@H](C(F)(F)CC(NC(=O)OCc2ccccc2)C(=O)N[C@@H](C)C(=O)N[C@@H](C)C(=O)OCc2ccccc2)[C@H](O)[C@@H](OCCCC)[C@H]1OCCCC. The zero-order chi connectivity index (χ0) is 43.2. The van der Waals surface area contributed by atoms with E-state index in [9.17, 15) is 24.3 Å².